The monoisotopic (exact) mass is 548 g/mol. The number of halogens is 1. The molecule has 1 unspecified atom stereocenters. The minimum absolute atomic E-state index is 0.132. The molecule has 0 spiro atoms. The van der Waals surface area contributed by atoms with E-state index in [9.17, 15) is 9.18 Å². The van der Waals surface area contributed by atoms with E-state index in [1.54, 1.807) is 12.1 Å². The van der Waals surface area contributed by atoms with Gasteiger partial charge in [-0.2, -0.15) is 0 Å². The van der Waals surface area contributed by atoms with E-state index in [-0.39, 0.29) is 18.7 Å². The summed E-state index contributed by atoms with van der Waals surface area (Å²) in [6.45, 7) is 10.4. The number of aldehydes is 1. The number of carbonyl (C=O) groups excluding carboxylic acids is 1. The molecule has 3 aromatic rings. The van der Waals surface area contributed by atoms with Crippen LogP contribution in [0.3, 0.4) is 0 Å². The van der Waals surface area contributed by atoms with Crippen LogP contribution in [0.25, 0.3) is 0 Å². The fourth-order valence-corrected chi connectivity index (χ4v) is 5.79. The second kappa shape index (κ2) is 13.7. The van der Waals surface area contributed by atoms with Gasteiger partial charge >= 0.3 is 0 Å². The maximum absolute atomic E-state index is 13.1. The van der Waals surface area contributed by atoms with E-state index in [0.717, 1.165) is 71.7 Å². The summed E-state index contributed by atoms with van der Waals surface area (Å²) in [5, 5.41) is 3.13. The van der Waals surface area contributed by atoms with Crippen LogP contribution in [0, 0.1) is 12.7 Å². The van der Waals surface area contributed by atoms with Gasteiger partial charge in [0.25, 0.3) is 0 Å². The van der Waals surface area contributed by atoms with E-state index in [4.69, 9.17) is 14.2 Å². The molecule has 2 aliphatic rings. The number of hydrogen-bond acceptors (Lipinski definition) is 6. The third kappa shape index (κ3) is 6.58. The predicted molar refractivity (Wildman–Crippen MR) is 157 cm³/mol. The average Bonchev–Trinajstić information content (AvgIpc) is 3.61. The number of ether oxygens (including phenoxy) is 3. The standard InChI is InChI=1S/C22H25NO4.C11H16FN/c1-3-25-19-6-4-16(5-7-19)20-11-18(13-23(20)8-9-24)17-10-15(2)22-21(12-17)26-14-27-22;1-4-8-6-10(12)7-9(5-2)11(8)13-3/h4-7,9-10,12,18,20H,3,8,11,13-14H2,1-2H3;6-7,13H,4-5H2,1-3H3/t18?,20-;/m1./s1. The van der Waals surface area contributed by atoms with Gasteiger partial charge in [0.05, 0.1) is 13.2 Å². The van der Waals surface area contributed by atoms with E-state index >= 15 is 0 Å². The molecular weight excluding hydrogens is 507 g/mol. The number of carbonyl (C=O) groups is 1. The topological polar surface area (TPSA) is 60.0 Å². The second-order valence-electron chi connectivity index (χ2n) is 10.2. The maximum Gasteiger partial charge on any atom is 0.231 e. The summed E-state index contributed by atoms with van der Waals surface area (Å²) in [7, 11) is 1.88. The van der Waals surface area contributed by atoms with E-state index in [1.807, 2.05) is 40.0 Å². The summed E-state index contributed by atoms with van der Waals surface area (Å²) >= 11 is 0. The highest BCUT2D eigenvalue weighted by atomic mass is 19.1. The van der Waals surface area contributed by atoms with Crippen LogP contribution in [0.4, 0.5) is 10.1 Å². The lowest BCUT2D eigenvalue weighted by Gasteiger charge is -2.22. The first kappa shape index (κ1) is 29.4. The van der Waals surface area contributed by atoms with E-state index in [1.165, 1.54) is 11.1 Å². The lowest BCUT2D eigenvalue weighted by atomic mass is 9.92. The van der Waals surface area contributed by atoms with Crippen LogP contribution in [-0.4, -0.2) is 44.7 Å². The highest BCUT2D eigenvalue weighted by Gasteiger charge is 2.34. The Labute approximate surface area is 237 Å². The van der Waals surface area contributed by atoms with Gasteiger partial charge in [0.2, 0.25) is 6.79 Å². The molecule has 214 valence electrons. The van der Waals surface area contributed by atoms with Crippen molar-refractivity contribution < 1.29 is 23.4 Å². The Morgan fingerprint density at radius 2 is 1.73 bits per heavy atom. The zero-order valence-electron chi connectivity index (χ0n) is 24.3. The third-order valence-corrected chi connectivity index (χ3v) is 7.72. The van der Waals surface area contributed by atoms with Gasteiger partial charge in [-0.3, -0.25) is 4.90 Å². The van der Waals surface area contributed by atoms with Crippen molar-refractivity contribution in [2.75, 3.05) is 38.9 Å². The Morgan fingerprint density at radius 1 is 1.02 bits per heavy atom. The summed E-state index contributed by atoms with van der Waals surface area (Å²) in [6, 6.07) is 16.0. The van der Waals surface area contributed by atoms with Crippen LogP contribution in [0.1, 0.15) is 67.0 Å². The minimum Gasteiger partial charge on any atom is -0.494 e. The summed E-state index contributed by atoms with van der Waals surface area (Å²) < 4.78 is 29.8. The SMILES string of the molecule is CCOc1ccc([C@H]2CC(c3cc(C)c4c(c3)OCO4)CN2CC=O)cc1.CCc1cc(F)cc(CC)c1NC. The molecule has 2 atom stereocenters. The number of likely N-dealkylation sites (tertiary alicyclic amines) is 1. The van der Waals surface area contributed by atoms with Crippen molar-refractivity contribution in [2.45, 2.75) is 58.9 Å². The van der Waals surface area contributed by atoms with Crippen molar-refractivity contribution in [1.82, 2.24) is 4.90 Å². The molecule has 6 nitrogen and oxygen atoms in total. The Bertz CT molecular complexity index is 1270. The summed E-state index contributed by atoms with van der Waals surface area (Å²) in [4.78, 5) is 13.5. The number of nitrogens with one attached hydrogen (secondary N) is 1. The Hall–Kier alpha value is -3.58. The first-order valence-electron chi connectivity index (χ1n) is 14.2. The molecule has 0 amide bonds. The molecule has 2 heterocycles. The van der Waals surface area contributed by atoms with E-state index in [0.29, 0.717) is 19.1 Å². The number of rotatable bonds is 9. The maximum atomic E-state index is 13.1. The van der Waals surface area contributed by atoms with Gasteiger partial charge in [-0.15, -0.1) is 0 Å². The number of benzene rings is 3. The van der Waals surface area contributed by atoms with Crippen molar-refractivity contribution in [3.63, 3.8) is 0 Å². The molecule has 0 saturated carbocycles. The van der Waals surface area contributed by atoms with Gasteiger partial charge < -0.3 is 24.3 Å². The number of hydrogen-bond donors (Lipinski definition) is 1. The first-order valence-corrected chi connectivity index (χ1v) is 14.2. The van der Waals surface area contributed by atoms with Crippen molar-refractivity contribution in [3.8, 4) is 17.2 Å². The Balaban J connectivity index is 0.000000240. The molecule has 0 aromatic heterocycles. The lowest BCUT2D eigenvalue weighted by molar-refractivity contribution is -0.109. The molecule has 1 saturated heterocycles. The summed E-state index contributed by atoms with van der Waals surface area (Å²) in [5.41, 5.74) is 6.78. The second-order valence-corrected chi connectivity index (χ2v) is 10.2. The zero-order chi connectivity index (χ0) is 28.6. The van der Waals surface area contributed by atoms with Gasteiger partial charge in [0, 0.05) is 25.3 Å². The quantitative estimate of drug-likeness (QED) is 0.295. The average molecular weight is 549 g/mol. The number of aryl methyl sites for hydroxylation is 3. The third-order valence-electron chi connectivity index (χ3n) is 7.72. The smallest absolute Gasteiger partial charge is 0.231 e. The molecule has 0 aliphatic carbocycles. The first-order chi connectivity index (χ1) is 19.4. The molecule has 2 aliphatic heterocycles. The molecule has 1 fully saturated rings. The van der Waals surface area contributed by atoms with Crippen molar-refractivity contribution >= 4 is 12.0 Å². The van der Waals surface area contributed by atoms with Gasteiger partial charge in [-0.05, 0) is 97.2 Å². The van der Waals surface area contributed by atoms with Crippen LogP contribution in [0.2, 0.25) is 0 Å². The lowest BCUT2D eigenvalue weighted by Crippen LogP contribution is -2.25. The van der Waals surface area contributed by atoms with Gasteiger partial charge in [0.15, 0.2) is 11.5 Å². The minimum atomic E-state index is -0.132. The van der Waals surface area contributed by atoms with E-state index in [2.05, 4.69) is 41.4 Å². The largest absolute Gasteiger partial charge is 0.494 e. The molecule has 5 rings (SSSR count). The molecule has 3 aromatic carbocycles. The molecule has 0 radical (unpaired) electrons. The van der Waals surface area contributed by atoms with Crippen LogP contribution in [0.5, 0.6) is 17.2 Å². The van der Waals surface area contributed by atoms with Gasteiger partial charge in [-0.25, -0.2) is 4.39 Å². The predicted octanol–water partition coefficient (Wildman–Crippen LogP) is 6.84. The van der Waals surface area contributed by atoms with Crippen molar-refractivity contribution in [3.05, 3.63) is 82.2 Å². The van der Waals surface area contributed by atoms with Crippen molar-refractivity contribution in [1.29, 1.82) is 0 Å². The van der Waals surface area contributed by atoms with E-state index < -0.39 is 0 Å². The number of fused-ring (bicyclic) bond motifs is 1. The Kier molecular flexibility index (Phi) is 10.0. The summed E-state index contributed by atoms with van der Waals surface area (Å²) in [6.07, 6.45) is 3.69. The molecular formula is C33H41FN2O4. The highest BCUT2D eigenvalue weighted by Crippen LogP contribution is 2.44. The normalized spacial score (nSPS) is 17.8. The Morgan fingerprint density at radius 3 is 2.33 bits per heavy atom. The molecule has 0 bridgehead atoms. The summed E-state index contributed by atoms with van der Waals surface area (Å²) in [5.74, 6) is 2.78. The van der Waals surface area contributed by atoms with Crippen molar-refractivity contribution in [2.24, 2.45) is 0 Å². The molecule has 40 heavy (non-hydrogen) atoms. The highest BCUT2D eigenvalue weighted by molar-refractivity contribution is 5.58. The van der Waals surface area contributed by atoms with Gasteiger partial charge in [-0.1, -0.05) is 32.0 Å². The number of nitrogens with zero attached hydrogens (tertiary/aromatic N) is 1. The van der Waals surface area contributed by atoms with Crippen LogP contribution < -0.4 is 19.5 Å². The molecule has 7 heteroatoms. The fourth-order valence-electron chi connectivity index (χ4n) is 5.79. The van der Waals surface area contributed by atoms with Crippen LogP contribution >= 0.6 is 0 Å². The fraction of sp³-hybridized carbons (Fsp3) is 0.424. The van der Waals surface area contributed by atoms with Crippen LogP contribution in [0.15, 0.2) is 48.5 Å². The molecule has 1 N–H and O–H groups in total. The number of anilines is 1. The van der Waals surface area contributed by atoms with Gasteiger partial charge in [0.1, 0.15) is 17.9 Å². The zero-order valence-corrected chi connectivity index (χ0v) is 24.3. The van der Waals surface area contributed by atoms with Crippen LogP contribution in [-0.2, 0) is 17.6 Å².